The second-order valence-corrected chi connectivity index (χ2v) is 10.5. The molecule has 1 fully saturated rings. The number of aryl methyl sites for hydroxylation is 2. The van der Waals surface area contributed by atoms with Crippen LogP contribution in [0, 0.1) is 32.3 Å². The normalized spacial score (nSPS) is 19.3. The molecule has 1 N–H and O–H groups in total. The van der Waals surface area contributed by atoms with Gasteiger partial charge in [0.15, 0.2) is 23.1 Å². The van der Waals surface area contributed by atoms with E-state index in [1.54, 1.807) is 48.5 Å². The molecule has 5 rings (SSSR count). The Morgan fingerprint density at radius 2 is 1.70 bits per heavy atom. The van der Waals surface area contributed by atoms with Crippen molar-refractivity contribution in [1.82, 2.24) is 19.5 Å². The third-order valence-corrected chi connectivity index (χ3v) is 7.21. The van der Waals surface area contributed by atoms with Crippen molar-refractivity contribution in [3.8, 4) is 12.3 Å². The highest BCUT2D eigenvalue weighted by Crippen LogP contribution is 2.41. The van der Waals surface area contributed by atoms with Crippen molar-refractivity contribution in [2.75, 3.05) is 11.9 Å². The number of fused-ring (bicyclic) bond motifs is 1. The summed E-state index contributed by atoms with van der Waals surface area (Å²) >= 11 is 0. The van der Waals surface area contributed by atoms with Crippen LogP contribution in [0.3, 0.4) is 0 Å². The summed E-state index contributed by atoms with van der Waals surface area (Å²) in [6.45, 7) is 5.16. The second-order valence-electron chi connectivity index (χ2n) is 10.5. The van der Waals surface area contributed by atoms with E-state index in [0.717, 1.165) is 11.1 Å². The minimum absolute atomic E-state index is 0.0154. The zero-order chi connectivity index (χ0) is 31.4. The van der Waals surface area contributed by atoms with E-state index in [1.165, 1.54) is 10.9 Å². The van der Waals surface area contributed by atoms with Crippen LogP contribution in [0.15, 0.2) is 54.9 Å². The van der Waals surface area contributed by atoms with Gasteiger partial charge in [-0.25, -0.2) is 14.6 Å². The van der Waals surface area contributed by atoms with E-state index in [9.17, 15) is 18.8 Å². The largest absolute Gasteiger partial charge is 0.458 e. The first-order chi connectivity index (χ1) is 21.1. The first kappa shape index (κ1) is 30.3. The SMILES string of the molecule is C#C[C@]1(COC(=O)c2ccc(C)cc2)O[C@@H](n2cnc3c(NC(=O)CCC)nc(F)nc32)C[C@@H]1OC(=O)c1ccc(C)cc1. The van der Waals surface area contributed by atoms with Crippen LogP contribution in [-0.4, -0.2) is 55.7 Å². The maximum Gasteiger partial charge on any atom is 0.338 e. The van der Waals surface area contributed by atoms with E-state index >= 15 is 0 Å². The smallest absolute Gasteiger partial charge is 0.338 e. The summed E-state index contributed by atoms with van der Waals surface area (Å²) in [5.41, 5.74) is 0.934. The molecule has 44 heavy (non-hydrogen) atoms. The number of imidazole rings is 1. The lowest BCUT2D eigenvalue weighted by molar-refractivity contribution is -0.116. The molecule has 3 heterocycles. The fourth-order valence-corrected chi connectivity index (χ4v) is 4.79. The third kappa shape index (κ3) is 6.28. The molecule has 1 saturated heterocycles. The first-order valence-corrected chi connectivity index (χ1v) is 14.0. The van der Waals surface area contributed by atoms with Crippen molar-refractivity contribution in [3.63, 3.8) is 0 Å². The summed E-state index contributed by atoms with van der Waals surface area (Å²) in [6, 6.07) is 13.6. The Labute approximate surface area is 252 Å². The highest BCUT2D eigenvalue weighted by atomic mass is 19.1. The highest BCUT2D eigenvalue weighted by molar-refractivity contribution is 5.96. The number of anilines is 1. The number of amides is 1. The molecule has 0 radical (unpaired) electrons. The average Bonchev–Trinajstić information content (AvgIpc) is 3.58. The second kappa shape index (κ2) is 12.6. The summed E-state index contributed by atoms with van der Waals surface area (Å²) in [5.74, 6) is 0.777. The van der Waals surface area contributed by atoms with Gasteiger partial charge in [0, 0.05) is 12.8 Å². The number of benzene rings is 2. The van der Waals surface area contributed by atoms with Crippen LogP contribution < -0.4 is 5.32 Å². The summed E-state index contributed by atoms with van der Waals surface area (Å²) < 4.78 is 33.7. The minimum atomic E-state index is -1.72. The molecule has 11 nitrogen and oxygen atoms in total. The topological polar surface area (TPSA) is 135 Å². The van der Waals surface area contributed by atoms with E-state index < -0.39 is 42.6 Å². The number of ether oxygens (including phenoxy) is 3. The predicted octanol–water partition coefficient (Wildman–Crippen LogP) is 4.69. The van der Waals surface area contributed by atoms with Gasteiger partial charge in [0.2, 0.25) is 11.5 Å². The summed E-state index contributed by atoms with van der Waals surface area (Å²) in [5, 5.41) is 2.56. The van der Waals surface area contributed by atoms with E-state index in [4.69, 9.17) is 20.6 Å². The number of carbonyl (C=O) groups excluding carboxylic acids is 3. The number of hydrogen-bond donors (Lipinski definition) is 1. The molecule has 3 atom stereocenters. The molecule has 12 heteroatoms. The molecule has 1 amide bonds. The van der Waals surface area contributed by atoms with Gasteiger partial charge in [0.25, 0.3) is 0 Å². The molecule has 0 saturated carbocycles. The van der Waals surface area contributed by atoms with Crippen LogP contribution in [0.2, 0.25) is 0 Å². The number of hydrogen-bond acceptors (Lipinski definition) is 9. The molecule has 1 aliphatic rings. The summed E-state index contributed by atoms with van der Waals surface area (Å²) in [7, 11) is 0. The van der Waals surface area contributed by atoms with Crippen molar-refractivity contribution >= 4 is 34.8 Å². The van der Waals surface area contributed by atoms with Gasteiger partial charge in [0.05, 0.1) is 17.5 Å². The Morgan fingerprint density at radius 1 is 1.07 bits per heavy atom. The Bertz CT molecular complexity index is 1750. The standard InChI is InChI=1S/C32H30FN5O6/c1-5-7-24(39)35-27-26-28(37-31(33)36-27)38(18-34-26)25-16-23(43-30(41)22-14-10-20(4)11-15-22)32(6-2,44-25)17-42-29(40)21-12-8-19(3)9-13-21/h2,8-15,18,23,25H,5,7,16-17H2,1,3-4H3,(H,35,36,37,39)/t23-,25+,32+/m0/s1. The van der Waals surface area contributed by atoms with Crippen LogP contribution in [0.25, 0.3) is 11.2 Å². The summed E-state index contributed by atoms with van der Waals surface area (Å²) in [6.07, 6.45) is 4.93. The molecule has 0 unspecified atom stereocenters. The Balaban J connectivity index is 1.46. The Kier molecular flexibility index (Phi) is 8.69. The van der Waals surface area contributed by atoms with Gasteiger partial charge in [-0.15, -0.1) is 6.42 Å². The number of rotatable bonds is 9. The maximum absolute atomic E-state index is 14.5. The molecular weight excluding hydrogens is 569 g/mol. The molecule has 4 aromatic rings. The lowest BCUT2D eigenvalue weighted by atomic mass is 9.98. The lowest BCUT2D eigenvalue weighted by Crippen LogP contribution is -2.45. The van der Waals surface area contributed by atoms with Crippen molar-refractivity contribution < 1.29 is 33.0 Å². The van der Waals surface area contributed by atoms with Gasteiger partial charge >= 0.3 is 18.0 Å². The van der Waals surface area contributed by atoms with Crippen molar-refractivity contribution in [1.29, 1.82) is 0 Å². The molecule has 2 aromatic carbocycles. The number of carbonyl (C=O) groups is 3. The quantitative estimate of drug-likeness (QED) is 0.165. The zero-order valence-electron chi connectivity index (χ0n) is 24.4. The zero-order valence-corrected chi connectivity index (χ0v) is 24.4. The van der Waals surface area contributed by atoms with Crippen LogP contribution in [0.1, 0.15) is 64.3 Å². The van der Waals surface area contributed by atoms with Crippen LogP contribution in [-0.2, 0) is 19.0 Å². The molecule has 0 bridgehead atoms. The molecule has 0 aliphatic carbocycles. The van der Waals surface area contributed by atoms with Crippen LogP contribution in [0.5, 0.6) is 0 Å². The Morgan fingerprint density at radius 3 is 2.32 bits per heavy atom. The monoisotopic (exact) mass is 599 g/mol. The van der Waals surface area contributed by atoms with E-state index in [2.05, 4.69) is 26.2 Å². The van der Waals surface area contributed by atoms with Gasteiger partial charge in [0.1, 0.15) is 12.8 Å². The molecular formula is C32H30FN5O6. The molecule has 1 aliphatic heterocycles. The van der Waals surface area contributed by atoms with Gasteiger partial charge in [-0.3, -0.25) is 9.36 Å². The van der Waals surface area contributed by atoms with Gasteiger partial charge in [-0.1, -0.05) is 48.2 Å². The van der Waals surface area contributed by atoms with E-state index in [1.807, 2.05) is 20.8 Å². The van der Waals surface area contributed by atoms with Crippen molar-refractivity contribution in [2.45, 2.75) is 58.0 Å². The average molecular weight is 600 g/mol. The number of nitrogens with one attached hydrogen (secondary N) is 1. The van der Waals surface area contributed by atoms with Gasteiger partial charge < -0.3 is 19.5 Å². The maximum atomic E-state index is 14.5. The fraction of sp³-hybridized carbons (Fsp3) is 0.312. The van der Waals surface area contributed by atoms with Crippen LogP contribution in [0.4, 0.5) is 10.2 Å². The number of halogens is 1. The van der Waals surface area contributed by atoms with Crippen LogP contribution >= 0.6 is 0 Å². The van der Waals surface area contributed by atoms with Crippen molar-refractivity contribution in [2.24, 2.45) is 0 Å². The van der Waals surface area contributed by atoms with Crippen molar-refractivity contribution in [3.05, 3.63) is 83.2 Å². The number of nitrogens with zero attached hydrogens (tertiary/aromatic N) is 4. The van der Waals surface area contributed by atoms with Gasteiger partial charge in [-0.05, 0) is 44.5 Å². The minimum Gasteiger partial charge on any atom is -0.458 e. The molecule has 226 valence electrons. The molecule has 2 aromatic heterocycles. The number of aromatic nitrogens is 4. The predicted molar refractivity (Wildman–Crippen MR) is 157 cm³/mol. The van der Waals surface area contributed by atoms with Gasteiger partial charge in [-0.2, -0.15) is 14.4 Å². The number of terminal acetylenes is 1. The summed E-state index contributed by atoms with van der Waals surface area (Å²) in [4.78, 5) is 50.1. The highest BCUT2D eigenvalue weighted by Gasteiger charge is 2.52. The Hall–Kier alpha value is -5.15. The van der Waals surface area contributed by atoms with E-state index in [-0.39, 0.29) is 41.3 Å². The van der Waals surface area contributed by atoms with E-state index in [0.29, 0.717) is 12.0 Å². The molecule has 0 spiro atoms. The number of esters is 2. The lowest BCUT2D eigenvalue weighted by Gasteiger charge is -2.28. The fourth-order valence-electron chi connectivity index (χ4n) is 4.79. The third-order valence-electron chi connectivity index (χ3n) is 7.21. The first-order valence-electron chi connectivity index (χ1n) is 14.0.